The van der Waals surface area contributed by atoms with E-state index in [0.717, 1.165) is 29.4 Å². The lowest BCUT2D eigenvalue weighted by Gasteiger charge is -2.03. The summed E-state index contributed by atoms with van der Waals surface area (Å²) >= 11 is 1.64. The predicted molar refractivity (Wildman–Crippen MR) is 66.5 cm³/mol. The third-order valence-corrected chi connectivity index (χ3v) is 3.27. The zero-order chi connectivity index (χ0) is 12.1. The summed E-state index contributed by atoms with van der Waals surface area (Å²) in [7, 11) is 0. The molecule has 2 rings (SSSR count). The van der Waals surface area contributed by atoms with Gasteiger partial charge in [0.25, 0.3) is 0 Å². The fraction of sp³-hybridized carbons (Fsp3) is 0.364. The van der Waals surface area contributed by atoms with E-state index in [0.29, 0.717) is 0 Å². The van der Waals surface area contributed by atoms with Crippen LogP contribution in [-0.4, -0.2) is 31.1 Å². The van der Waals surface area contributed by atoms with Crippen LogP contribution in [0.15, 0.2) is 29.4 Å². The van der Waals surface area contributed by atoms with Crippen molar-refractivity contribution in [1.82, 2.24) is 20.2 Å². The minimum absolute atomic E-state index is 0.238. The van der Waals surface area contributed by atoms with Gasteiger partial charge >= 0.3 is 0 Å². The summed E-state index contributed by atoms with van der Waals surface area (Å²) in [6.07, 6.45) is 2.31. The van der Waals surface area contributed by atoms with Gasteiger partial charge in [0.05, 0.1) is 5.69 Å². The maximum absolute atomic E-state index is 9.23. The van der Waals surface area contributed by atoms with Crippen LogP contribution in [0.1, 0.15) is 19.8 Å². The number of phenols is 1. The smallest absolute Gasteiger partial charge is 0.214 e. The van der Waals surface area contributed by atoms with Crippen molar-refractivity contribution in [1.29, 1.82) is 0 Å². The fourth-order valence-electron chi connectivity index (χ4n) is 1.33. The van der Waals surface area contributed by atoms with E-state index in [1.54, 1.807) is 40.7 Å². The van der Waals surface area contributed by atoms with E-state index in [1.165, 1.54) is 0 Å². The van der Waals surface area contributed by atoms with Gasteiger partial charge < -0.3 is 5.11 Å². The van der Waals surface area contributed by atoms with Gasteiger partial charge in [-0.05, 0) is 41.1 Å². The minimum atomic E-state index is 0.238. The minimum Gasteiger partial charge on any atom is -0.508 e. The van der Waals surface area contributed by atoms with Gasteiger partial charge in [-0.25, -0.2) is 0 Å². The topological polar surface area (TPSA) is 63.8 Å². The molecule has 90 valence electrons. The van der Waals surface area contributed by atoms with E-state index in [-0.39, 0.29) is 5.75 Å². The highest BCUT2D eigenvalue weighted by Gasteiger charge is 2.08. The number of hydrogen-bond donors (Lipinski definition) is 1. The van der Waals surface area contributed by atoms with Crippen molar-refractivity contribution < 1.29 is 5.11 Å². The van der Waals surface area contributed by atoms with Crippen molar-refractivity contribution in [2.24, 2.45) is 0 Å². The van der Waals surface area contributed by atoms with Gasteiger partial charge in [0.2, 0.25) is 5.16 Å². The molecule has 0 amide bonds. The SMILES string of the molecule is CCCCSc1nnnn1-c1ccc(O)cc1. The second-order valence-electron chi connectivity index (χ2n) is 3.59. The molecule has 0 unspecified atom stereocenters. The zero-order valence-corrected chi connectivity index (χ0v) is 10.4. The number of phenolic OH excluding ortho intramolecular Hbond substituents is 1. The second-order valence-corrected chi connectivity index (χ2v) is 4.65. The standard InChI is InChI=1S/C11H14N4OS/c1-2-3-8-17-11-12-13-14-15(11)9-4-6-10(16)7-5-9/h4-7,16H,2-3,8H2,1H3. The van der Waals surface area contributed by atoms with Crippen LogP contribution in [0, 0.1) is 0 Å². The Morgan fingerprint density at radius 1 is 1.29 bits per heavy atom. The molecule has 0 bridgehead atoms. The Balaban J connectivity index is 2.15. The van der Waals surface area contributed by atoms with Crippen molar-refractivity contribution in [3.8, 4) is 11.4 Å². The summed E-state index contributed by atoms with van der Waals surface area (Å²) in [5.41, 5.74) is 0.854. The molecule has 5 nitrogen and oxygen atoms in total. The maximum Gasteiger partial charge on any atom is 0.214 e. The van der Waals surface area contributed by atoms with Gasteiger partial charge in [-0.1, -0.05) is 25.1 Å². The number of tetrazole rings is 1. The fourth-order valence-corrected chi connectivity index (χ4v) is 2.31. The van der Waals surface area contributed by atoms with Gasteiger partial charge in [-0.2, -0.15) is 4.68 Å². The van der Waals surface area contributed by atoms with Crippen LogP contribution in [0.4, 0.5) is 0 Å². The first-order valence-electron chi connectivity index (χ1n) is 5.52. The summed E-state index contributed by atoms with van der Waals surface area (Å²) in [6, 6.07) is 6.82. The summed E-state index contributed by atoms with van der Waals surface area (Å²) < 4.78 is 1.68. The van der Waals surface area contributed by atoms with E-state index >= 15 is 0 Å². The van der Waals surface area contributed by atoms with Crippen molar-refractivity contribution in [2.45, 2.75) is 24.9 Å². The highest BCUT2D eigenvalue weighted by Crippen LogP contribution is 2.20. The lowest BCUT2D eigenvalue weighted by molar-refractivity contribution is 0.475. The average molecular weight is 250 g/mol. The van der Waals surface area contributed by atoms with Gasteiger partial charge in [0.15, 0.2) is 0 Å². The monoisotopic (exact) mass is 250 g/mol. The van der Waals surface area contributed by atoms with Crippen molar-refractivity contribution in [2.75, 3.05) is 5.75 Å². The van der Waals surface area contributed by atoms with Gasteiger partial charge in [-0.15, -0.1) is 5.10 Å². The third kappa shape index (κ3) is 2.97. The maximum atomic E-state index is 9.23. The van der Waals surface area contributed by atoms with Gasteiger partial charge in [0.1, 0.15) is 5.75 Å². The number of hydrogen-bond acceptors (Lipinski definition) is 5. The molecule has 0 radical (unpaired) electrons. The molecule has 1 heterocycles. The van der Waals surface area contributed by atoms with Crippen molar-refractivity contribution in [3.05, 3.63) is 24.3 Å². The summed E-state index contributed by atoms with van der Waals surface area (Å²) in [5.74, 6) is 1.25. The largest absolute Gasteiger partial charge is 0.508 e. The number of aromatic hydroxyl groups is 1. The molecular formula is C11H14N4OS. The molecule has 0 aliphatic carbocycles. The Hall–Kier alpha value is -1.56. The lowest BCUT2D eigenvalue weighted by Crippen LogP contribution is -1.98. The van der Waals surface area contributed by atoms with Crippen LogP contribution >= 0.6 is 11.8 Å². The molecule has 0 spiro atoms. The molecule has 1 aromatic carbocycles. The van der Waals surface area contributed by atoms with Gasteiger partial charge in [-0.3, -0.25) is 0 Å². The van der Waals surface area contributed by atoms with Crippen LogP contribution in [0.5, 0.6) is 5.75 Å². The molecule has 17 heavy (non-hydrogen) atoms. The van der Waals surface area contributed by atoms with E-state index in [1.807, 2.05) is 0 Å². The second kappa shape index (κ2) is 5.67. The first kappa shape index (κ1) is 11.9. The van der Waals surface area contributed by atoms with Crippen LogP contribution in [0.25, 0.3) is 5.69 Å². The molecule has 6 heteroatoms. The Bertz CT molecular complexity index is 469. The molecule has 0 fully saturated rings. The Labute approximate surface area is 104 Å². The zero-order valence-electron chi connectivity index (χ0n) is 9.58. The predicted octanol–water partition coefficient (Wildman–Crippen LogP) is 2.26. The quantitative estimate of drug-likeness (QED) is 0.651. The van der Waals surface area contributed by atoms with E-state index in [4.69, 9.17) is 0 Å². The number of unbranched alkanes of at least 4 members (excludes halogenated alkanes) is 1. The first-order chi connectivity index (χ1) is 8.31. The van der Waals surface area contributed by atoms with Crippen LogP contribution in [0.2, 0.25) is 0 Å². The van der Waals surface area contributed by atoms with Crippen molar-refractivity contribution in [3.63, 3.8) is 0 Å². The van der Waals surface area contributed by atoms with Gasteiger partial charge in [0, 0.05) is 5.75 Å². The van der Waals surface area contributed by atoms with Crippen molar-refractivity contribution >= 4 is 11.8 Å². The number of aromatic nitrogens is 4. The Kier molecular flexibility index (Phi) is 3.98. The molecular weight excluding hydrogens is 236 g/mol. The molecule has 1 aromatic heterocycles. The van der Waals surface area contributed by atoms with Crippen LogP contribution in [-0.2, 0) is 0 Å². The molecule has 1 N–H and O–H groups in total. The summed E-state index contributed by atoms with van der Waals surface area (Å²) in [5, 5.41) is 21.6. The van der Waals surface area contributed by atoms with Crippen LogP contribution in [0.3, 0.4) is 0 Å². The summed E-state index contributed by atoms with van der Waals surface area (Å²) in [4.78, 5) is 0. The highest BCUT2D eigenvalue weighted by molar-refractivity contribution is 7.99. The average Bonchev–Trinajstić information content (AvgIpc) is 2.79. The van der Waals surface area contributed by atoms with Crippen LogP contribution < -0.4 is 0 Å². The molecule has 0 aliphatic heterocycles. The Morgan fingerprint density at radius 2 is 2.06 bits per heavy atom. The molecule has 0 atom stereocenters. The Morgan fingerprint density at radius 3 is 2.76 bits per heavy atom. The molecule has 2 aromatic rings. The van der Waals surface area contributed by atoms with E-state index < -0.39 is 0 Å². The number of rotatable bonds is 5. The number of benzene rings is 1. The van der Waals surface area contributed by atoms with E-state index in [2.05, 4.69) is 22.4 Å². The molecule has 0 aliphatic rings. The summed E-state index contributed by atoms with van der Waals surface area (Å²) in [6.45, 7) is 2.16. The number of thioether (sulfide) groups is 1. The molecule has 0 saturated carbocycles. The normalized spacial score (nSPS) is 10.6. The highest BCUT2D eigenvalue weighted by atomic mass is 32.2. The number of nitrogens with zero attached hydrogens (tertiary/aromatic N) is 4. The third-order valence-electron chi connectivity index (χ3n) is 2.26. The lowest BCUT2D eigenvalue weighted by atomic mass is 10.3. The molecule has 0 saturated heterocycles. The first-order valence-corrected chi connectivity index (χ1v) is 6.50. The van der Waals surface area contributed by atoms with E-state index in [9.17, 15) is 5.11 Å².